The molecule has 0 aliphatic heterocycles. The Hall–Kier alpha value is -3.07. The van der Waals surface area contributed by atoms with E-state index in [-0.39, 0.29) is 37.4 Å². The summed E-state index contributed by atoms with van der Waals surface area (Å²) in [6.45, 7) is 5.86. The minimum Gasteiger partial charge on any atom is -0.497 e. The molecule has 0 fully saturated rings. The van der Waals surface area contributed by atoms with Gasteiger partial charge >= 0.3 is 0 Å². The predicted molar refractivity (Wildman–Crippen MR) is 134 cm³/mol. The van der Waals surface area contributed by atoms with E-state index in [2.05, 4.69) is 5.32 Å². The molecule has 0 saturated heterocycles. The van der Waals surface area contributed by atoms with E-state index < -0.39 is 16.1 Å². The Morgan fingerprint density at radius 1 is 1.03 bits per heavy atom. The van der Waals surface area contributed by atoms with Crippen LogP contribution in [0.15, 0.2) is 54.6 Å². The number of nitrogens with one attached hydrogen (secondary N) is 1. The van der Waals surface area contributed by atoms with Crippen molar-refractivity contribution < 1.29 is 22.7 Å². The van der Waals surface area contributed by atoms with Gasteiger partial charge in [-0.1, -0.05) is 36.4 Å². The molecular formula is C25H35N3O5S. The fourth-order valence-electron chi connectivity index (χ4n) is 3.54. The van der Waals surface area contributed by atoms with E-state index in [0.717, 1.165) is 11.8 Å². The Balaban J connectivity index is 2.15. The quantitative estimate of drug-likeness (QED) is 0.494. The third kappa shape index (κ3) is 8.06. The summed E-state index contributed by atoms with van der Waals surface area (Å²) in [5.41, 5.74) is 1.38. The highest BCUT2D eigenvalue weighted by Gasteiger charge is 2.27. The molecular weight excluding hydrogens is 454 g/mol. The minimum atomic E-state index is -3.56. The highest BCUT2D eigenvalue weighted by atomic mass is 32.2. The number of rotatable bonds is 12. The van der Waals surface area contributed by atoms with Gasteiger partial charge < -0.3 is 15.0 Å². The first-order valence-corrected chi connectivity index (χ1v) is 13.1. The molecule has 1 N–H and O–H groups in total. The summed E-state index contributed by atoms with van der Waals surface area (Å²) >= 11 is 0. The Morgan fingerprint density at radius 3 is 2.29 bits per heavy atom. The predicted octanol–water partition coefficient (Wildman–Crippen LogP) is 3.18. The average molecular weight is 490 g/mol. The van der Waals surface area contributed by atoms with E-state index >= 15 is 0 Å². The van der Waals surface area contributed by atoms with Gasteiger partial charge in [-0.2, -0.15) is 0 Å². The molecule has 2 aromatic rings. The van der Waals surface area contributed by atoms with Crippen molar-refractivity contribution in [2.24, 2.45) is 0 Å². The number of hydrogen-bond acceptors (Lipinski definition) is 5. The second-order valence-electron chi connectivity index (χ2n) is 8.49. The first kappa shape index (κ1) is 27.2. The van der Waals surface area contributed by atoms with Crippen LogP contribution in [0, 0.1) is 0 Å². The second-order valence-corrected chi connectivity index (χ2v) is 10.4. The van der Waals surface area contributed by atoms with E-state index in [4.69, 9.17) is 4.74 Å². The third-order valence-corrected chi connectivity index (χ3v) is 6.48. The van der Waals surface area contributed by atoms with Crippen molar-refractivity contribution in [2.45, 2.75) is 52.2 Å². The van der Waals surface area contributed by atoms with Gasteiger partial charge in [0.1, 0.15) is 11.8 Å². The number of amides is 2. The van der Waals surface area contributed by atoms with Crippen molar-refractivity contribution in [3.05, 3.63) is 60.2 Å². The van der Waals surface area contributed by atoms with Gasteiger partial charge in [0, 0.05) is 31.6 Å². The smallest absolute Gasteiger partial charge is 0.242 e. The minimum absolute atomic E-state index is 0.0465. The molecule has 1 atom stereocenters. The summed E-state index contributed by atoms with van der Waals surface area (Å²) in [5, 5.41) is 2.86. The van der Waals surface area contributed by atoms with Crippen LogP contribution in [0.25, 0.3) is 0 Å². The van der Waals surface area contributed by atoms with Crippen LogP contribution in [0.1, 0.15) is 39.2 Å². The number of benzene rings is 2. The summed E-state index contributed by atoms with van der Waals surface area (Å²) in [7, 11) is -2.05. The molecule has 8 nitrogen and oxygen atoms in total. The molecule has 2 rings (SSSR count). The SMILES string of the molecule is COc1cccc(N(CCCC(=O)N(Cc2ccccc2)[C@@H](C)C(=O)NC(C)C)S(C)(=O)=O)c1. The Kier molecular flexibility index (Phi) is 9.92. The molecule has 0 saturated carbocycles. The number of methoxy groups -OCH3 is 1. The molecule has 0 aliphatic rings. The summed E-state index contributed by atoms with van der Waals surface area (Å²) in [5.74, 6) is 0.101. The van der Waals surface area contributed by atoms with Crippen molar-refractivity contribution in [1.82, 2.24) is 10.2 Å². The van der Waals surface area contributed by atoms with Crippen molar-refractivity contribution >= 4 is 27.5 Å². The van der Waals surface area contributed by atoms with Crippen LogP contribution >= 0.6 is 0 Å². The van der Waals surface area contributed by atoms with E-state index in [1.807, 2.05) is 44.2 Å². The first-order valence-electron chi connectivity index (χ1n) is 11.3. The molecule has 0 spiro atoms. The molecule has 186 valence electrons. The molecule has 0 bridgehead atoms. The van der Waals surface area contributed by atoms with Crippen LogP contribution in [0.2, 0.25) is 0 Å². The zero-order valence-electron chi connectivity index (χ0n) is 20.5. The maximum Gasteiger partial charge on any atom is 0.242 e. The summed E-state index contributed by atoms with van der Waals surface area (Å²) in [6.07, 6.45) is 1.53. The maximum absolute atomic E-state index is 13.2. The number of nitrogens with zero attached hydrogens (tertiary/aromatic N) is 2. The van der Waals surface area contributed by atoms with Gasteiger partial charge in [-0.3, -0.25) is 13.9 Å². The number of sulfonamides is 1. The van der Waals surface area contributed by atoms with Gasteiger partial charge in [-0.05, 0) is 44.9 Å². The Labute approximate surface area is 202 Å². The van der Waals surface area contributed by atoms with Crippen LogP contribution in [0.5, 0.6) is 5.75 Å². The van der Waals surface area contributed by atoms with E-state index in [9.17, 15) is 18.0 Å². The van der Waals surface area contributed by atoms with Gasteiger partial charge in [0.15, 0.2) is 0 Å². The van der Waals surface area contributed by atoms with Crippen molar-refractivity contribution in [2.75, 3.05) is 24.2 Å². The van der Waals surface area contributed by atoms with Gasteiger partial charge in [0.25, 0.3) is 0 Å². The molecule has 34 heavy (non-hydrogen) atoms. The van der Waals surface area contributed by atoms with Crippen molar-refractivity contribution in [1.29, 1.82) is 0 Å². The highest BCUT2D eigenvalue weighted by molar-refractivity contribution is 7.92. The number of carbonyl (C=O) groups is 2. The Bertz CT molecular complexity index is 1060. The van der Waals surface area contributed by atoms with E-state index in [1.165, 1.54) is 11.4 Å². The fourth-order valence-corrected chi connectivity index (χ4v) is 4.49. The average Bonchev–Trinajstić information content (AvgIpc) is 2.79. The van der Waals surface area contributed by atoms with Gasteiger partial charge in [-0.15, -0.1) is 0 Å². The lowest BCUT2D eigenvalue weighted by molar-refractivity contribution is -0.140. The summed E-state index contributed by atoms with van der Waals surface area (Å²) < 4.78 is 31.3. The largest absolute Gasteiger partial charge is 0.497 e. The molecule has 0 aromatic heterocycles. The molecule has 2 aromatic carbocycles. The van der Waals surface area contributed by atoms with Crippen molar-refractivity contribution in [3.63, 3.8) is 0 Å². The molecule has 0 aliphatic carbocycles. The molecule has 2 amide bonds. The standard InChI is InChI=1S/C25H35N3O5S/c1-19(2)26-25(30)20(3)27(18-21-11-7-6-8-12-21)24(29)15-10-16-28(34(5,31)32)22-13-9-14-23(17-22)33-4/h6-9,11-14,17,19-20H,10,15-16,18H2,1-5H3,(H,26,30)/t20-/m0/s1. The highest BCUT2D eigenvalue weighted by Crippen LogP contribution is 2.23. The van der Waals surface area contributed by atoms with Crippen LogP contribution in [-0.4, -0.2) is 57.1 Å². The molecule has 9 heteroatoms. The van der Waals surface area contributed by atoms with E-state index in [1.54, 1.807) is 36.1 Å². The normalized spacial score (nSPS) is 12.2. The topological polar surface area (TPSA) is 96.0 Å². The second kappa shape index (κ2) is 12.4. The lowest BCUT2D eigenvalue weighted by Gasteiger charge is -2.30. The number of hydrogen-bond donors (Lipinski definition) is 1. The van der Waals surface area contributed by atoms with Crippen LogP contribution in [0.4, 0.5) is 5.69 Å². The van der Waals surface area contributed by atoms with Crippen LogP contribution in [-0.2, 0) is 26.2 Å². The zero-order chi connectivity index (χ0) is 25.3. The number of anilines is 1. The van der Waals surface area contributed by atoms with E-state index in [0.29, 0.717) is 17.9 Å². The fraction of sp³-hybridized carbons (Fsp3) is 0.440. The van der Waals surface area contributed by atoms with Crippen LogP contribution < -0.4 is 14.4 Å². The number of carbonyl (C=O) groups excluding carboxylic acids is 2. The maximum atomic E-state index is 13.2. The third-order valence-electron chi connectivity index (χ3n) is 5.29. The zero-order valence-corrected chi connectivity index (χ0v) is 21.3. The molecule has 0 unspecified atom stereocenters. The number of ether oxygens (including phenoxy) is 1. The first-order chi connectivity index (χ1) is 16.0. The van der Waals surface area contributed by atoms with Gasteiger partial charge in [0.2, 0.25) is 21.8 Å². The van der Waals surface area contributed by atoms with Crippen molar-refractivity contribution in [3.8, 4) is 5.75 Å². The van der Waals surface area contributed by atoms with Crippen LogP contribution in [0.3, 0.4) is 0 Å². The monoisotopic (exact) mass is 489 g/mol. The summed E-state index contributed by atoms with van der Waals surface area (Å²) in [6, 6.07) is 15.5. The van der Waals surface area contributed by atoms with Gasteiger partial charge in [0.05, 0.1) is 19.1 Å². The lowest BCUT2D eigenvalue weighted by Crippen LogP contribution is -2.49. The summed E-state index contributed by atoms with van der Waals surface area (Å²) in [4.78, 5) is 27.4. The molecule has 0 radical (unpaired) electrons. The lowest BCUT2D eigenvalue weighted by atomic mass is 10.1. The molecule has 0 heterocycles. The Morgan fingerprint density at radius 2 is 1.71 bits per heavy atom. The van der Waals surface area contributed by atoms with Gasteiger partial charge in [-0.25, -0.2) is 8.42 Å².